The van der Waals surface area contributed by atoms with Gasteiger partial charge in [-0.1, -0.05) is 6.92 Å². The first-order valence-electron chi connectivity index (χ1n) is 6.98. The normalized spacial score (nSPS) is 21.5. The van der Waals surface area contributed by atoms with Crippen molar-refractivity contribution in [1.82, 2.24) is 14.7 Å². The van der Waals surface area contributed by atoms with E-state index < -0.39 is 11.4 Å². The van der Waals surface area contributed by atoms with Crippen molar-refractivity contribution >= 4 is 11.9 Å². The van der Waals surface area contributed by atoms with Gasteiger partial charge in [-0.2, -0.15) is 5.10 Å². The van der Waals surface area contributed by atoms with Gasteiger partial charge in [0.2, 0.25) is 0 Å². The first-order chi connectivity index (χ1) is 9.87. The van der Waals surface area contributed by atoms with E-state index in [0.717, 1.165) is 6.42 Å². The quantitative estimate of drug-likeness (QED) is 0.877. The van der Waals surface area contributed by atoms with E-state index in [4.69, 9.17) is 0 Å². The third kappa shape index (κ3) is 2.96. The fraction of sp³-hybridized carbons (Fsp3) is 0.571. The zero-order chi connectivity index (χ0) is 15.6. The summed E-state index contributed by atoms with van der Waals surface area (Å²) in [6, 6.07) is 2.72. The van der Waals surface area contributed by atoms with Crippen molar-refractivity contribution in [3.63, 3.8) is 0 Å². The number of nitrogens with zero attached hydrogens (tertiary/aromatic N) is 3. The number of aliphatic carboxylic acids is 1. The predicted molar refractivity (Wildman–Crippen MR) is 75.1 cm³/mol. The molecule has 0 spiro atoms. The van der Waals surface area contributed by atoms with Crippen LogP contribution in [0.5, 0.6) is 0 Å². The van der Waals surface area contributed by atoms with Gasteiger partial charge in [-0.25, -0.2) is 4.68 Å². The van der Waals surface area contributed by atoms with Crippen LogP contribution < -0.4 is 5.56 Å². The summed E-state index contributed by atoms with van der Waals surface area (Å²) in [6.07, 6.45) is 1.16. The van der Waals surface area contributed by atoms with Gasteiger partial charge in [-0.3, -0.25) is 14.4 Å². The summed E-state index contributed by atoms with van der Waals surface area (Å²) in [7, 11) is 0. The number of aryl methyl sites for hydroxylation is 1. The molecule has 1 aliphatic heterocycles. The first-order valence-corrected chi connectivity index (χ1v) is 6.98. The number of carboxylic acid groups (broad SMARTS) is 1. The minimum Gasteiger partial charge on any atom is -0.481 e. The Kier molecular flexibility index (Phi) is 4.11. The molecule has 21 heavy (non-hydrogen) atoms. The lowest BCUT2D eigenvalue weighted by Gasteiger charge is -2.20. The molecule has 7 nitrogen and oxygen atoms in total. The Morgan fingerprint density at radius 2 is 2.14 bits per heavy atom. The molecular formula is C14H19N3O4. The number of hydrogen-bond acceptors (Lipinski definition) is 4. The van der Waals surface area contributed by atoms with E-state index in [2.05, 4.69) is 5.10 Å². The van der Waals surface area contributed by atoms with Crippen LogP contribution in [0.15, 0.2) is 16.9 Å². The van der Waals surface area contributed by atoms with E-state index in [1.807, 2.05) is 6.92 Å². The summed E-state index contributed by atoms with van der Waals surface area (Å²) in [5.41, 5.74) is -0.976. The topological polar surface area (TPSA) is 92.5 Å². The highest BCUT2D eigenvalue weighted by Gasteiger charge is 2.42. The molecule has 1 aromatic heterocycles. The largest absolute Gasteiger partial charge is 0.481 e. The van der Waals surface area contributed by atoms with Crippen LogP contribution in [0.1, 0.15) is 37.2 Å². The van der Waals surface area contributed by atoms with Gasteiger partial charge in [0.25, 0.3) is 11.5 Å². The maximum absolute atomic E-state index is 12.4. The second kappa shape index (κ2) is 5.67. The Bertz CT molecular complexity index is 625. The Hall–Kier alpha value is -2.18. The molecule has 2 rings (SSSR count). The molecule has 0 saturated carbocycles. The van der Waals surface area contributed by atoms with Crippen molar-refractivity contribution in [1.29, 1.82) is 0 Å². The molecule has 1 aliphatic rings. The van der Waals surface area contributed by atoms with Crippen LogP contribution in [-0.2, 0) is 11.3 Å². The van der Waals surface area contributed by atoms with Crippen LogP contribution in [0.4, 0.5) is 0 Å². The molecule has 114 valence electrons. The maximum Gasteiger partial charge on any atom is 0.311 e. The number of hydrogen-bond donors (Lipinski definition) is 1. The molecule has 1 N–H and O–H groups in total. The lowest BCUT2D eigenvalue weighted by atomic mass is 9.90. The molecule has 0 unspecified atom stereocenters. The summed E-state index contributed by atoms with van der Waals surface area (Å²) in [5.74, 6) is -1.23. The lowest BCUT2D eigenvalue weighted by Crippen LogP contribution is -2.36. The summed E-state index contributed by atoms with van der Waals surface area (Å²) in [5, 5.41) is 13.3. The minimum atomic E-state index is -0.909. The van der Waals surface area contributed by atoms with Gasteiger partial charge < -0.3 is 10.0 Å². The molecule has 1 saturated heterocycles. The van der Waals surface area contributed by atoms with Gasteiger partial charge in [0.05, 0.1) is 5.41 Å². The number of carbonyl (C=O) groups is 2. The van der Waals surface area contributed by atoms with Crippen molar-refractivity contribution in [2.45, 2.75) is 33.2 Å². The van der Waals surface area contributed by atoms with Crippen LogP contribution in [0.25, 0.3) is 0 Å². The Morgan fingerprint density at radius 3 is 2.71 bits per heavy atom. The lowest BCUT2D eigenvalue weighted by molar-refractivity contribution is -0.147. The predicted octanol–water partition coefficient (Wildman–Crippen LogP) is 0.590. The van der Waals surface area contributed by atoms with Crippen molar-refractivity contribution in [3.05, 3.63) is 28.2 Å². The van der Waals surface area contributed by atoms with E-state index >= 15 is 0 Å². The highest BCUT2D eigenvalue weighted by Crippen LogP contribution is 2.30. The van der Waals surface area contributed by atoms with Crippen molar-refractivity contribution in [2.24, 2.45) is 5.41 Å². The van der Waals surface area contributed by atoms with E-state index in [1.54, 1.807) is 6.92 Å². The summed E-state index contributed by atoms with van der Waals surface area (Å²) < 4.78 is 1.26. The highest BCUT2D eigenvalue weighted by atomic mass is 16.4. The van der Waals surface area contributed by atoms with Gasteiger partial charge in [-0.05, 0) is 25.8 Å². The second-order valence-electron chi connectivity index (χ2n) is 5.62. The highest BCUT2D eigenvalue weighted by molar-refractivity contribution is 5.93. The van der Waals surface area contributed by atoms with Crippen molar-refractivity contribution in [3.8, 4) is 0 Å². The van der Waals surface area contributed by atoms with Gasteiger partial charge in [0.1, 0.15) is 5.69 Å². The number of carboxylic acids is 1. The molecule has 0 aromatic carbocycles. The van der Waals surface area contributed by atoms with Crippen molar-refractivity contribution < 1.29 is 14.7 Å². The average molecular weight is 293 g/mol. The van der Waals surface area contributed by atoms with Crippen LogP contribution in [-0.4, -0.2) is 44.8 Å². The Balaban J connectivity index is 2.20. The number of carbonyl (C=O) groups excluding carboxylic acids is 1. The fourth-order valence-corrected chi connectivity index (χ4v) is 2.41. The van der Waals surface area contributed by atoms with Crippen molar-refractivity contribution in [2.75, 3.05) is 13.1 Å². The summed E-state index contributed by atoms with van der Waals surface area (Å²) >= 11 is 0. The molecule has 0 radical (unpaired) electrons. The van der Waals surface area contributed by atoms with Crippen LogP contribution in [0, 0.1) is 5.41 Å². The standard InChI is InChI=1S/C14H19N3O4/c1-3-7-17-11(18)5-4-10(15-17)12(19)16-8-6-14(2,9-16)13(20)21/h4-5H,3,6-9H2,1-2H3,(H,20,21)/t14-/m0/s1. The fourth-order valence-electron chi connectivity index (χ4n) is 2.41. The van der Waals surface area contributed by atoms with E-state index in [-0.39, 0.29) is 23.7 Å². The van der Waals surface area contributed by atoms with Gasteiger partial charge in [0.15, 0.2) is 0 Å². The minimum absolute atomic E-state index is 0.162. The maximum atomic E-state index is 12.4. The second-order valence-corrected chi connectivity index (χ2v) is 5.62. The van der Waals surface area contributed by atoms with Crippen LogP contribution >= 0.6 is 0 Å². The zero-order valence-electron chi connectivity index (χ0n) is 12.2. The van der Waals surface area contributed by atoms with Gasteiger partial charge >= 0.3 is 5.97 Å². The van der Waals surface area contributed by atoms with E-state index in [1.165, 1.54) is 21.7 Å². The monoisotopic (exact) mass is 293 g/mol. The molecule has 2 heterocycles. The smallest absolute Gasteiger partial charge is 0.311 e. The molecule has 7 heteroatoms. The first kappa shape index (κ1) is 15.2. The Labute approximate surface area is 122 Å². The van der Waals surface area contributed by atoms with E-state index in [0.29, 0.717) is 19.5 Å². The Morgan fingerprint density at radius 1 is 1.43 bits per heavy atom. The van der Waals surface area contributed by atoms with Crippen LogP contribution in [0.3, 0.4) is 0 Å². The molecule has 1 fully saturated rings. The number of likely N-dealkylation sites (tertiary alicyclic amines) is 1. The molecule has 1 aromatic rings. The molecule has 1 amide bonds. The molecule has 1 atom stereocenters. The molecule has 0 bridgehead atoms. The van der Waals surface area contributed by atoms with Gasteiger partial charge in [0, 0.05) is 25.7 Å². The SMILES string of the molecule is CCCn1nc(C(=O)N2CC[C@](C)(C(=O)O)C2)ccc1=O. The third-order valence-electron chi connectivity index (χ3n) is 3.80. The third-order valence-corrected chi connectivity index (χ3v) is 3.80. The molecular weight excluding hydrogens is 274 g/mol. The van der Waals surface area contributed by atoms with Gasteiger partial charge in [-0.15, -0.1) is 0 Å². The van der Waals surface area contributed by atoms with E-state index in [9.17, 15) is 19.5 Å². The number of amides is 1. The summed E-state index contributed by atoms with van der Waals surface area (Å²) in [4.78, 5) is 36.7. The number of rotatable bonds is 4. The molecule has 0 aliphatic carbocycles. The summed E-state index contributed by atoms with van der Waals surface area (Å²) in [6.45, 7) is 4.55. The zero-order valence-corrected chi connectivity index (χ0v) is 12.2. The van der Waals surface area contributed by atoms with Crippen LogP contribution in [0.2, 0.25) is 0 Å². The average Bonchev–Trinajstić information content (AvgIpc) is 2.85. The number of aromatic nitrogens is 2.